The summed E-state index contributed by atoms with van der Waals surface area (Å²) in [6.07, 6.45) is 2.23. The standard InChI is InChI=1S/C10H14ClN5O2/c11-8-13-6-14-9(15-8)16-3-1-7(2-4-16)5-12-10(17)18/h6-7,12H,1-5H2,(H,17,18). The molecule has 0 aliphatic carbocycles. The molecule has 1 saturated heterocycles. The van der Waals surface area contributed by atoms with E-state index in [0.717, 1.165) is 25.9 Å². The topological polar surface area (TPSA) is 91.2 Å². The van der Waals surface area contributed by atoms with Crippen LogP contribution >= 0.6 is 11.6 Å². The monoisotopic (exact) mass is 271 g/mol. The number of aromatic nitrogens is 3. The summed E-state index contributed by atoms with van der Waals surface area (Å²) < 4.78 is 0. The first-order valence-corrected chi connectivity index (χ1v) is 6.09. The summed E-state index contributed by atoms with van der Waals surface area (Å²) >= 11 is 5.71. The second kappa shape index (κ2) is 5.81. The molecule has 18 heavy (non-hydrogen) atoms. The van der Waals surface area contributed by atoms with Gasteiger partial charge >= 0.3 is 6.09 Å². The molecule has 1 fully saturated rings. The van der Waals surface area contributed by atoms with Gasteiger partial charge in [0.1, 0.15) is 6.33 Å². The first-order chi connectivity index (χ1) is 8.65. The van der Waals surface area contributed by atoms with Crippen LogP contribution in [0.2, 0.25) is 5.28 Å². The van der Waals surface area contributed by atoms with Crippen LogP contribution in [0, 0.1) is 5.92 Å². The summed E-state index contributed by atoms with van der Waals surface area (Å²) in [5.74, 6) is 0.953. The molecule has 98 valence electrons. The van der Waals surface area contributed by atoms with Crippen LogP contribution in [0.1, 0.15) is 12.8 Å². The second-order valence-corrected chi connectivity index (χ2v) is 4.51. The molecular formula is C10H14ClN5O2. The average molecular weight is 272 g/mol. The van der Waals surface area contributed by atoms with Crippen LogP contribution in [0.25, 0.3) is 0 Å². The van der Waals surface area contributed by atoms with Crippen LogP contribution < -0.4 is 10.2 Å². The zero-order chi connectivity index (χ0) is 13.0. The summed E-state index contributed by atoms with van der Waals surface area (Å²) in [6.45, 7) is 2.10. The smallest absolute Gasteiger partial charge is 0.404 e. The third-order valence-electron chi connectivity index (χ3n) is 2.97. The Hall–Kier alpha value is -1.63. The third-order valence-corrected chi connectivity index (χ3v) is 3.15. The van der Waals surface area contributed by atoms with Crippen molar-refractivity contribution in [2.75, 3.05) is 24.5 Å². The quantitative estimate of drug-likeness (QED) is 0.852. The van der Waals surface area contributed by atoms with E-state index in [1.54, 1.807) is 0 Å². The molecule has 1 aromatic heterocycles. The number of nitrogens with zero attached hydrogens (tertiary/aromatic N) is 4. The number of nitrogens with one attached hydrogen (secondary N) is 1. The van der Waals surface area contributed by atoms with E-state index in [-0.39, 0.29) is 5.28 Å². The average Bonchev–Trinajstić information content (AvgIpc) is 2.37. The highest BCUT2D eigenvalue weighted by molar-refractivity contribution is 6.28. The minimum Gasteiger partial charge on any atom is -0.465 e. The van der Waals surface area contributed by atoms with E-state index in [9.17, 15) is 4.79 Å². The first kappa shape index (κ1) is 12.8. The van der Waals surface area contributed by atoms with E-state index in [0.29, 0.717) is 18.4 Å². The number of hydrogen-bond acceptors (Lipinski definition) is 5. The maximum Gasteiger partial charge on any atom is 0.404 e. The number of hydrogen-bond donors (Lipinski definition) is 2. The highest BCUT2D eigenvalue weighted by Crippen LogP contribution is 2.20. The molecule has 2 N–H and O–H groups in total. The molecule has 1 aromatic rings. The lowest BCUT2D eigenvalue weighted by atomic mass is 9.97. The first-order valence-electron chi connectivity index (χ1n) is 5.71. The Morgan fingerprint density at radius 3 is 2.83 bits per heavy atom. The molecule has 1 aliphatic heterocycles. The molecule has 0 aromatic carbocycles. The van der Waals surface area contributed by atoms with Crippen LogP contribution in [0.3, 0.4) is 0 Å². The lowest BCUT2D eigenvalue weighted by molar-refractivity contribution is 0.191. The number of piperidine rings is 1. The van der Waals surface area contributed by atoms with Gasteiger partial charge in [0.15, 0.2) is 0 Å². The number of carbonyl (C=O) groups is 1. The van der Waals surface area contributed by atoms with E-state index in [1.807, 2.05) is 4.90 Å². The molecule has 0 spiro atoms. The molecule has 2 heterocycles. The molecule has 2 rings (SSSR count). The second-order valence-electron chi connectivity index (χ2n) is 4.17. The van der Waals surface area contributed by atoms with Crippen molar-refractivity contribution in [2.45, 2.75) is 12.8 Å². The van der Waals surface area contributed by atoms with Gasteiger partial charge in [0.2, 0.25) is 11.2 Å². The van der Waals surface area contributed by atoms with Gasteiger partial charge in [-0.3, -0.25) is 0 Å². The molecule has 1 amide bonds. The molecular weight excluding hydrogens is 258 g/mol. The molecule has 0 unspecified atom stereocenters. The van der Waals surface area contributed by atoms with Gasteiger partial charge in [-0.25, -0.2) is 14.8 Å². The molecule has 1 aliphatic rings. The Labute approximate surface area is 109 Å². The molecule has 0 radical (unpaired) electrons. The molecule has 0 bridgehead atoms. The fraction of sp³-hybridized carbons (Fsp3) is 0.600. The minimum absolute atomic E-state index is 0.190. The Morgan fingerprint density at radius 1 is 1.50 bits per heavy atom. The predicted molar refractivity (Wildman–Crippen MR) is 65.8 cm³/mol. The van der Waals surface area contributed by atoms with Crippen molar-refractivity contribution < 1.29 is 9.90 Å². The zero-order valence-electron chi connectivity index (χ0n) is 9.71. The Morgan fingerprint density at radius 2 is 2.22 bits per heavy atom. The summed E-state index contributed by atoms with van der Waals surface area (Å²) in [6, 6.07) is 0. The molecule has 8 heteroatoms. The summed E-state index contributed by atoms with van der Waals surface area (Å²) in [7, 11) is 0. The Kier molecular flexibility index (Phi) is 4.14. The van der Waals surface area contributed by atoms with E-state index in [2.05, 4.69) is 20.3 Å². The van der Waals surface area contributed by atoms with Gasteiger partial charge < -0.3 is 15.3 Å². The Balaban J connectivity index is 1.85. The van der Waals surface area contributed by atoms with Crippen molar-refractivity contribution in [1.29, 1.82) is 0 Å². The SMILES string of the molecule is O=C(O)NCC1CCN(c2ncnc(Cl)n2)CC1. The van der Waals surface area contributed by atoms with Crippen molar-refractivity contribution >= 4 is 23.6 Å². The van der Waals surface area contributed by atoms with Gasteiger partial charge in [-0.05, 0) is 30.4 Å². The molecule has 0 saturated carbocycles. The lowest BCUT2D eigenvalue weighted by Gasteiger charge is -2.31. The van der Waals surface area contributed by atoms with E-state index in [4.69, 9.17) is 16.7 Å². The van der Waals surface area contributed by atoms with Crippen molar-refractivity contribution in [2.24, 2.45) is 5.92 Å². The summed E-state index contributed by atoms with van der Waals surface area (Å²) in [4.78, 5) is 24.3. The third kappa shape index (κ3) is 3.43. The maximum absolute atomic E-state index is 10.4. The van der Waals surface area contributed by atoms with Gasteiger partial charge in [-0.1, -0.05) is 0 Å². The fourth-order valence-corrected chi connectivity index (χ4v) is 2.11. The van der Waals surface area contributed by atoms with Gasteiger partial charge in [0.05, 0.1) is 0 Å². The van der Waals surface area contributed by atoms with E-state index < -0.39 is 6.09 Å². The number of rotatable bonds is 3. The normalized spacial score (nSPS) is 16.6. The lowest BCUT2D eigenvalue weighted by Crippen LogP contribution is -2.39. The maximum atomic E-state index is 10.4. The van der Waals surface area contributed by atoms with Crippen LogP contribution in [0.5, 0.6) is 0 Å². The van der Waals surface area contributed by atoms with Crippen LogP contribution in [-0.2, 0) is 0 Å². The predicted octanol–water partition coefficient (Wildman–Crippen LogP) is 1.01. The van der Waals surface area contributed by atoms with Gasteiger partial charge in [-0.2, -0.15) is 4.98 Å². The van der Waals surface area contributed by atoms with Crippen LogP contribution in [0.4, 0.5) is 10.7 Å². The molecule has 7 nitrogen and oxygen atoms in total. The van der Waals surface area contributed by atoms with Gasteiger partial charge in [0, 0.05) is 19.6 Å². The van der Waals surface area contributed by atoms with Crippen LogP contribution in [-0.4, -0.2) is 45.8 Å². The number of anilines is 1. The van der Waals surface area contributed by atoms with Crippen molar-refractivity contribution in [1.82, 2.24) is 20.3 Å². The summed E-state index contributed by atoms with van der Waals surface area (Å²) in [5, 5.41) is 11.1. The van der Waals surface area contributed by atoms with Crippen molar-refractivity contribution in [3.05, 3.63) is 11.6 Å². The summed E-state index contributed by atoms with van der Waals surface area (Å²) in [5.41, 5.74) is 0. The highest BCUT2D eigenvalue weighted by atomic mass is 35.5. The minimum atomic E-state index is -0.971. The number of halogens is 1. The van der Waals surface area contributed by atoms with Crippen molar-refractivity contribution in [3.8, 4) is 0 Å². The van der Waals surface area contributed by atoms with E-state index >= 15 is 0 Å². The van der Waals surface area contributed by atoms with Gasteiger partial charge in [-0.15, -0.1) is 0 Å². The van der Waals surface area contributed by atoms with Crippen molar-refractivity contribution in [3.63, 3.8) is 0 Å². The van der Waals surface area contributed by atoms with Crippen LogP contribution in [0.15, 0.2) is 6.33 Å². The zero-order valence-corrected chi connectivity index (χ0v) is 10.5. The molecule has 0 atom stereocenters. The van der Waals surface area contributed by atoms with E-state index in [1.165, 1.54) is 6.33 Å². The largest absolute Gasteiger partial charge is 0.465 e. The Bertz CT molecular complexity index is 422. The number of carboxylic acid groups (broad SMARTS) is 1. The highest BCUT2D eigenvalue weighted by Gasteiger charge is 2.21. The van der Waals surface area contributed by atoms with Gasteiger partial charge in [0.25, 0.3) is 0 Å². The number of amides is 1. The fourth-order valence-electron chi connectivity index (χ4n) is 1.99.